The monoisotopic (exact) mass is 372 g/mol. The normalized spacial score (nSPS) is 14.2. The molecule has 1 amide bonds. The molecule has 0 radical (unpaired) electrons. The number of aromatic amines is 1. The van der Waals surface area contributed by atoms with Gasteiger partial charge in [-0.1, -0.05) is 18.2 Å². The van der Waals surface area contributed by atoms with Gasteiger partial charge in [-0.25, -0.2) is 4.98 Å². The molecule has 1 saturated carbocycles. The number of amides is 1. The molecule has 0 atom stereocenters. The van der Waals surface area contributed by atoms with Crippen molar-refractivity contribution in [2.24, 2.45) is 0 Å². The molecule has 0 saturated heterocycles. The molecule has 2 N–H and O–H groups in total. The molecule has 5 nitrogen and oxygen atoms in total. The number of halogens is 3. The third-order valence-electron chi connectivity index (χ3n) is 4.32. The number of anilines is 1. The summed E-state index contributed by atoms with van der Waals surface area (Å²) in [4.78, 5) is 16.7. The van der Waals surface area contributed by atoms with Gasteiger partial charge in [-0.05, 0) is 43.2 Å². The summed E-state index contributed by atoms with van der Waals surface area (Å²) < 4.78 is 38.3. The Labute approximate surface area is 152 Å². The first kappa shape index (κ1) is 17.3. The van der Waals surface area contributed by atoms with Gasteiger partial charge in [-0.3, -0.25) is 9.89 Å². The van der Waals surface area contributed by atoms with Crippen molar-refractivity contribution in [3.63, 3.8) is 0 Å². The van der Waals surface area contributed by atoms with Crippen LogP contribution in [-0.2, 0) is 6.18 Å². The second-order valence-corrected chi connectivity index (χ2v) is 6.43. The zero-order valence-corrected chi connectivity index (χ0v) is 14.0. The Balaban J connectivity index is 1.47. The summed E-state index contributed by atoms with van der Waals surface area (Å²) >= 11 is 0. The molecule has 2 aromatic carbocycles. The molecule has 1 aliphatic rings. The van der Waals surface area contributed by atoms with Crippen molar-refractivity contribution < 1.29 is 18.0 Å². The molecule has 0 unspecified atom stereocenters. The van der Waals surface area contributed by atoms with Crippen molar-refractivity contribution in [2.75, 3.05) is 5.32 Å². The summed E-state index contributed by atoms with van der Waals surface area (Å²) in [5.41, 5.74) is 0.358. The molecule has 0 bridgehead atoms. The maximum Gasteiger partial charge on any atom is 0.416 e. The summed E-state index contributed by atoms with van der Waals surface area (Å²) in [6.07, 6.45) is -2.23. The molecule has 4 rings (SSSR count). The first-order valence-electron chi connectivity index (χ1n) is 8.41. The zero-order valence-electron chi connectivity index (χ0n) is 14.0. The molecule has 8 heteroatoms. The van der Waals surface area contributed by atoms with Crippen molar-refractivity contribution in [2.45, 2.75) is 24.9 Å². The largest absolute Gasteiger partial charge is 0.416 e. The highest BCUT2D eigenvalue weighted by molar-refractivity contribution is 6.04. The second kappa shape index (κ2) is 6.53. The van der Waals surface area contributed by atoms with E-state index in [1.807, 2.05) is 0 Å². The Bertz CT molecular complexity index is 975. The number of nitrogens with one attached hydrogen (secondary N) is 2. The van der Waals surface area contributed by atoms with E-state index in [0.29, 0.717) is 17.3 Å². The minimum Gasteiger partial charge on any atom is -0.322 e. The van der Waals surface area contributed by atoms with Gasteiger partial charge in [-0.15, -0.1) is 0 Å². The van der Waals surface area contributed by atoms with Crippen LogP contribution in [-0.4, -0.2) is 21.1 Å². The molecule has 0 spiro atoms. The molecule has 3 aromatic rings. The quantitative estimate of drug-likeness (QED) is 0.702. The lowest BCUT2D eigenvalue weighted by Gasteiger charge is -2.10. The van der Waals surface area contributed by atoms with E-state index in [9.17, 15) is 18.0 Å². The average molecular weight is 372 g/mol. The first-order valence-corrected chi connectivity index (χ1v) is 8.41. The Hall–Kier alpha value is -3.16. The van der Waals surface area contributed by atoms with Gasteiger partial charge in [0.25, 0.3) is 5.91 Å². The van der Waals surface area contributed by atoms with Crippen LogP contribution in [0.15, 0.2) is 48.5 Å². The molecule has 1 aromatic heterocycles. The van der Waals surface area contributed by atoms with Gasteiger partial charge in [0, 0.05) is 22.7 Å². The molecule has 1 aliphatic carbocycles. The molecule has 0 aliphatic heterocycles. The van der Waals surface area contributed by atoms with Crippen molar-refractivity contribution >= 4 is 11.6 Å². The van der Waals surface area contributed by atoms with Crippen LogP contribution in [0.5, 0.6) is 0 Å². The van der Waals surface area contributed by atoms with Gasteiger partial charge in [0.2, 0.25) is 0 Å². The van der Waals surface area contributed by atoms with Crippen molar-refractivity contribution in [3.05, 3.63) is 65.5 Å². The zero-order chi connectivity index (χ0) is 19.0. The number of nitrogens with zero attached hydrogens (tertiary/aromatic N) is 2. The van der Waals surface area contributed by atoms with Crippen LogP contribution in [0.1, 0.15) is 40.5 Å². The SMILES string of the molecule is O=C(Nc1cccc(C(F)(F)F)c1)c1ccc(-c2n[nH]c(C3CC3)n2)cc1. The van der Waals surface area contributed by atoms with Crippen LogP contribution in [0, 0.1) is 0 Å². The molecule has 1 fully saturated rings. The fraction of sp³-hybridized carbons (Fsp3) is 0.211. The number of hydrogen-bond acceptors (Lipinski definition) is 3. The fourth-order valence-corrected chi connectivity index (χ4v) is 2.69. The van der Waals surface area contributed by atoms with E-state index in [2.05, 4.69) is 20.5 Å². The van der Waals surface area contributed by atoms with E-state index in [4.69, 9.17) is 0 Å². The van der Waals surface area contributed by atoms with E-state index in [1.54, 1.807) is 24.3 Å². The lowest BCUT2D eigenvalue weighted by Crippen LogP contribution is -2.13. The van der Waals surface area contributed by atoms with Crippen LogP contribution in [0.3, 0.4) is 0 Å². The smallest absolute Gasteiger partial charge is 0.322 e. The van der Waals surface area contributed by atoms with E-state index in [-0.39, 0.29) is 5.69 Å². The minimum atomic E-state index is -4.46. The predicted molar refractivity (Wildman–Crippen MR) is 93.2 cm³/mol. The average Bonchev–Trinajstić information content (AvgIpc) is 3.38. The number of alkyl halides is 3. The summed E-state index contributed by atoms with van der Waals surface area (Å²) in [6, 6.07) is 11.1. The Kier molecular flexibility index (Phi) is 4.18. The number of carbonyl (C=O) groups excluding carboxylic acids is 1. The standard InChI is InChI=1S/C19H15F3N4O/c20-19(21,22)14-2-1-3-15(10-14)23-18(27)13-8-6-12(7-9-13)17-24-16(25-26-17)11-4-5-11/h1-3,6-11H,4-5H2,(H,23,27)(H,24,25,26). The fourth-order valence-electron chi connectivity index (χ4n) is 2.69. The van der Waals surface area contributed by atoms with Crippen molar-refractivity contribution in [1.29, 1.82) is 0 Å². The minimum absolute atomic E-state index is 0.0851. The van der Waals surface area contributed by atoms with Gasteiger partial charge in [0.1, 0.15) is 5.82 Å². The number of aromatic nitrogens is 3. The van der Waals surface area contributed by atoms with Gasteiger partial charge >= 0.3 is 6.18 Å². The number of hydrogen-bond donors (Lipinski definition) is 2. The summed E-state index contributed by atoms with van der Waals surface area (Å²) in [6.45, 7) is 0. The highest BCUT2D eigenvalue weighted by atomic mass is 19.4. The molecular weight excluding hydrogens is 357 g/mol. The number of carbonyl (C=O) groups is 1. The predicted octanol–water partition coefficient (Wildman–Crippen LogP) is 4.62. The lowest BCUT2D eigenvalue weighted by molar-refractivity contribution is -0.137. The lowest BCUT2D eigenvalue weighted by atomic mass is 10.1. The van der Waals surface area contributed by atoms with E-state index >= 15 is 0 Å². The summed E-state index contributed by atoms with van der Waals surface area (Å²) in [5.74, 6) is 1.40. The second-order valence-electron chi connectivity index (χ2n) is 6.43. The van der Waals surface area contributed by atoms with Gasteiger partial charge in [-0.2, -0.15) is 18.3 Å². The molecule has 138 valence electrons. The van der Waals surface area contributed by atoms with E-state index in [1.165, 1.54) is 12.1 Å². The Morgan fingerprint density at radius 2 is 1.85 bits per heavy atom. The first-order chi connectivity index (χ1) is 12.9. The maximum absolute atomic E-state index is 12.8. The maximum atomic E-state index is 12.8. The van der Waals surface area contributed by atoms with Crippen molar-refractivity contribution in [1.82, 2.24) is 15.2 Å². The van der Waals surface area contributed by atoms with Crippen LogP contribution < -0.4 is 5.32 Å². The van der Waals surface area contributed by atoms with Crippen LogP contribution in [0.2, 0.25) is 0 Å². The van der Waals surface area contributed by atoms with Crippen LogP contribution in [0.25, 0.3) is 11.4 Å². The number of benzene rings is 2. The highest BCUT2D eigenvalue weighted by Crippen LogP contribution is 2.38. The van der Waals surface area contributed by atoms with E-state index < -0.39 is 17.6 Å². The topological polar surface area (TPSA) is 70.7 Å². The van der Waals surface area contributed by atoms with E-state index in [0.717, 1.165) is 36.4 Å². The third-order valence-corrected chi connectivity index (χ3v) is 4.32. The molecule has 1 heterocycles. The van der Waals surface area contributed by atoms with Gasteiger partial charge < -0.3 is 5.32 Å². The molecular formula is C19H15F3N4O. The van der Waals surface area contributed by atoms with Gasteiger partial charge in [0.05, 0.1) is 5.56 Å². The Morgan fingerprint density at radius 1 is 1.11 bits per heavy atom. The molecule has 27 heavy (non-hydrogen) atoms. The Morgan fingerprint density at radius 3 is 2.52 bits per heavy atom. The number of H-pyrrole nitrogens is 1. The third kappa shape index (κ3) is 3.84. The van der Waals surface area contributed by atoms with Crippen molar-refractivity contribution in [3.8, 4) is 11.4 Å². The van der Waals surface area contributed by atoms with Crippen LogP contribution in [0.4, 0.5) is 18.9 Å². The summed E-state index contributed by atoms with van der Waals surface area (Å²) in [7, 11) is 0. The number of rotatable bonds is 4. The van der Waals surface area contributed by atoms with Crippen LogP contribution >= 0.6 is 0 Å². The summed E-state index contributed by atoms with van der Waals surface area (Å²) in [5, 5.41) is 9.58. The highest BCUT2D eigenvalue weighted by Gasteiger charge is 2.30. The van der Waals surface area contributed by atoms with Gasteiger partial charge in [0.15, 0.2) is 5.82 Å².